The van der Waals surface area contributed by atoms with Crippen LogP contribution in [0.5, 0.6) is 0 Å². The molecule has 2 heterocycles. The first-order valence-electron chi connectivity index (χ1n) is 11.1. The van der Waals surface area contributed by atoms with E-state index >= 15 is 0 Å². The van der Waals surface area contributed by atoms with E-state index < -0.39 is 11.7 Å². The number of benzene rings is 2. The Morgan fingerprint density at radius 1 is 1.15 bits per heavy atom. The van der Waals surface area contributed by atoms with Crippen molar-refractivity contribution in [1.82, 2.24) is 15.6 Å². The van der Waals surface area contributed by atoms with Crippen LogP contribution in [-0.2, 0) is 22.3 Å². The topological polar surface area (TPSA) is 77.0 Å². The van der Waals surface area contributed by atoms with E-state index in [1.54, 1.807) is 18.2 Å². The average Bonchev–Trinajstić information content (AvgIpc) is 2.81. The zero-order valence-corrected chi connectivity index (χ0v) is 18.7. The molecule has 0 radical (unpaired) electrons. The number of nitrogens with zero attached hydrogens (tertiary/aromatic N) is 3. The van der Waals surface area contributed by atoms with Gasteiger partial charge in [0, 0.05) is 25.7 Å². The molecule has 2 aromatic rings. The van der Waals surface area contributed by atoms with Gasteiger partial charge in [0.2, 0.25) is 5.84 Å². The average molecular weight is 473 g/mol. The van der Waals surface area contributed by atoms with Crippen LogP contribution >= 0.6 is 0 Å². The van der Waals surface area contributed by atoms with E-state index in [0.29, 0.717) is 43.7 Å². The number of hydrazine groups is 1. The van der Waals surface area contributed by atoms with E-state index in [9.17, 15) is 22.8 Å². The molecule has 0 aromatic heterocycles. The summed E-state index contributed by atoms with van der Waals surface area (Å²) in [7, 11) is 0. The lowest BCUT2D eigenvalue weighted by Crippen LogP contribution is -2.57. The van der Waals surface area contributed by atoms with Crippen molar-refractivity contribution in [2.24, 2.45) is 4.99 Å². The Bertz CT molecular complexity index is 1080. The third-order valence-corrected chi connectivity index (χ3v) is 5.93. The highest BCUT2D eigenvalue weighted by atomic mass is 19.4. The molecule has 0 unspecified atom stereocenters. The zero-order chi connectivity index (χ0) is 24.3. The summed E-state index contributed by atoms with van der Waals surface area (Å²) < 4.78 is 38.8. The smallest absolute Gasteiger partial charge is 0.347 e. The quantitative estimate of drug-likeness (QED) is 0.700. The van der Waals surface area contributed by atoms with Crippen molar-refractivity contribution in [2.75, 3.05) is 24.6 Å². The number of hydrogen-bond acceptors (Lipinski definition) is 5. The third-order valence-electron chi connectivity index (χ3n) is 5.93. The van der Waals surface area contributed by atoms with Gasteiger partial charge in [-0.3, -0.25) is 24.9 Å². The zero-order valence-electron chi connectivity index (χ0n) is 18.7. The van der Waals surface area contributed by atoms with Gasteiger partial charge in [-0.25, -0.2) is 5.01 Å². The SMILES string of the molecule is Cc1ccc(N2NC(C(=O)NC3CCN(Cc4cccc(C(F)(F)F)c4)CC3)=NCC2=O)cc1. The summed E-state index contributed by atoms with van der Waals surface area (Å²) in [5, 5.41) is 4.27. The number of carbonyl (C=O) groups is 2. The van der Waals surface area contributed by atoms with Crippen molar-refractivity contribution in [3.05, 3.63) is 65.2 Å². The van der Waals surface area contributed by atoms with Gasteiger partial charge < -0.3 is 5.32 Å². The number of carbonyl (C=O) groups excluding carboxylic acids is 2. The van der Waals surface area contributed by atoms with Crippen molar-refractivity contribution in [1.29, 1.82) is 0 Å². The Balaban J connectivity index is 1.29. The minimum atomic E-state index is -4.36. The number of aliphatic imine (C=N–C) groups is 1. The largest absolute Gasteiger partial charge is 0.416 e. The number of likely N-dealkylation sites (tertiary alicyclic amines) is 1. The summed E-state index contributed by atoms with van der Waals surface area (Å²) in [6.45, 7) is 3.54. The number of nitrogens with one attached hydrogen (secondary N) is 2. The summed E-state index contributed by atoms with van der Waals surface area (Å²) in [6.07, 6.45) is -3.03. The number of anilines is 1. The van der Waals surface area contributed by atoms with Gasteiger partial charge in [-0.1, -0.05) is 35.9 Å². The lowest BCUT2D eigenvalue weighted by Gasteiger charge is -2.33. The van der Waals surface area contributed by atoms with Crippen LogP contribution in [0.1, 0.15) is 29.5 Å². The number of piperidine rings is 1. The van der Waals surface area contributed by atoms with E-state index in [1.807, 2.05) is 19.1 Å². The Labute approximate surface area is 195 Å². The van der Waals surface area contributed by atoms with E-state index in [-0.39, 0.29) is 30.2 Å². The third kappa shape index (κ3) is 5.74. The second-order valence-corrected chi connectivity index (χ2v) is 8.56. The maximum absolute atomic E-state index is 12.9. The molecule has 2 amide bonds. The lowest BCUT2D eigenvalue weighted by atomic mass is 10.0. The van der Waals surface area contributed by atoms with E-state index in [2.05, 4.69) is 20.6 Å². The van der Waals surface area contributed by atoms with Crippen molar-refractivity contribution in [3.8, 4) is 0 Å². The molecule has 0 bridgehead atoms. The highest BCUT2D eigenvalue weighted by Crippen LogP contribution is 2.30. The number of rotatable bonds is 5. The predicted molar refractivity (Wildman–Crippen MR) is 122 cm³/mol. The van der Waals surface area contributed by atoms with Crippen LogP contribution in [0.4, 0.5) is 18.9 Å². The number of amides is 2. The van der Waals surface area contributed by atoms with Gasteiger partial charge in [0.1, 0.15) is 6.54 Å². The fourth-order valence-electron chi connectivity index (χ4n) is 4.04. The highest BCUT2D eigenvalue weighted by Gasteiger charge is 2.31. The molecule has 0 atom stereocenters. The summed E-state index contributed by atoms with van der Waals surface area (Å²) in [4.78, 5) is 31.1. The summed E-state index contributed by atoms with van der Waals surface area (Å²) >= 11 is 0. The van der Waals surface area contributed by atoms with Crippen molar-refractivity contribution in [3.63, 3.8) is 0 Å². The molecule has 180 valence electrons. The molecular formula is C24H26F3N5O2. The van der Waals surface area contributed by atoms with Crippen LogP contribution in [0.3, 0.4) is 0 Å². The van der Waals surface area contributed by atoms with E-state index in [4.69, 9.17) is 0 Å². The molecule has 2 aromatic carbocycles. The Morgan fingerprint density at radius 2 is 1.85 bits per heavy atom. The van der Waals surface area contributed by atoms with Gasteiger partial charge >= 0.3 is 6.18 Å². The van der Waals surface area contributed by atoms with Crippen LogP contribution in [-0.4, -0.2) is 48.2 Å². The fraction of sp³-hybridized carbons (Fsp3) is 0.375. The van der Waals surface area contributed by atoms with Gasteiger partial charge in [-0.05, 0) is 43.5 Å². The summed E-state index contributed by atoms with van der Waals surface area (Å²) in [5.74, 6) is -0.573. The number of alkyl halides is 3. The molecule has 10 heteroatoms. The Kier molecular flexibility index (Phi) is 6.87. The first kappa shape index (κ1) is 23.7. The maximum Gasteiger partial charge on any atom is 0.416 e. The predicted octanol–water partition coefficient (Wildman–Crippen LogP) is 3.04. The molecule has 1 fully saturated rings. The maximum atomic E-state index is 12.9. The fourth-order valence-corrected chi connectivity index (χ4v) is 4.04. The molecule has 4 rings (SSSR count). The lowest BCUT2D eigenvalue weighted by molar-refractivity contribution is -0.137. The molecule has 2 aliphatic rings. The number of amidine groups is 1. The molecule has 2 N–H and O–H groups in total. The molecular weight excluding hydrogens is 447 g/mol. The molecule has 2 aliphatic heterocycles. The summed E-state index contributed by atoms with van der Waals surface area (Å²) in [5.41, 5.74) is 4.45. The normalized spacial score (nSPS) is 17.8. The minimum Gasteiger partial charge on any atom is -0.347 e. The van der Waals surface area contributed by atoms with Gasteiger partial charge in [-0.15, -0.1) is 0 Å². The minimum absolute atomic E-state index is 0.0755. The van der Waals surface area contributed by atoms with E-state index in [1.165, 1.54) is 17.1 Å². The first-order chi connectivity index (χ1) is 16.2. The van der Waals surface area contributed by atoms with Gasteiger partial charge in [0.05, 0.1) is 11.3 Å². The highest BCUT2D eigenvalue weighted by molar-refractivity contribution is 6.39. The van der Waals surface area contributed by atoms with Crippen molar-refractivity contribution >= 4 is 23.3 Å². The monoisotopic (exact) mass is 473 g/mol. The van der Waals surface area contributed by atoms with Gasteiger partial charge in [0.15, 0.2) is 0 Å². The Morgan fingerprint density at radius 3 is 2.53 bits per heavy atom. The molecule has 34 heavy (non-hydrogen) atoms. The first-order valence-corrected chi connectivity index (χ1v) is 11.1. The van der Waals surface area contributed by atoms with Crippen LogP contribution in [0.25, 0.3) is 0 Å². The number of aryl methyl sites for hydroxylation is 1. The van der Waals surface area contributed by atoms with Crippen LogP contribution < -0.4 is 15.8 Å². The number of hydrogen-bond donors (Lipinski definition) is 2. The van der Waals surface area contributed by atoms with Crippen molar-refractivity contribution < 1.29 is 22.8 Å². The van der Waals surface area contributed by atoms with Gasteiger partial charge in [0.25, 0.3) is 11.8 Å². The van der Waals surface area contributed by atoms with Gasteiger partial charge in [-0.2, -0.15) is 13.2 Å². The molecule has 0 spiro atoms. The molecule has 0 saturated carbocycles. The second-order valence-electron chi connectivity index (χ2n) is 8.56. The number of halogens is 3. The standard InChI is InChI=1S/C24H26F3N5O2/c1-16-5-7-20(8-6-16)32-21(33)14-28-22(30-32)23(34)29-19-9-11-31(12-10-19)15-17-3-2-4-18(13-17)24(25,26)27/h2-8,13,19H,9-12,14-15H2,1H3,(H,28,30)(H,29,34). The molecule has 7 nitrogen and oxygen atoms in total. The van der Waals surface area contributed by atoms with Crippen LogP contribution in [0.15, 0.2) is 53.5 Å². The van der Waals surface area contributed by atoms with Crippen molar-refractivity contribution in [2.45, 2.75) is 38.5 Å². The summed E-state index contributed by atoms with van der Waals surface area (Å²) in [6, 6.07) is 12.6. The van der Waals surface area contributed by atoms with E-state index in [0.717, 1.165) is 11.6 Å². The molecule has 0 aliphatic carbocycles. The van der Waals surface area contributed by atoms with Crippen LogP contribution in [0.2, 0.25) is 0 Å². The Hall–Kier alpha value is -3.40. The second kappa shape index (κ2) is 9.84. The molecule has 1 saturated heterocycles. The van der Waals surface area contributed by atoms with Crippen LogP contribution in [0, 0.1) is 6.92 Å².